The van der Waals surface area contributed by atoms with Gasteiger partial charge in [0.05, 0.1) is 0 Å². The molecule has 0 aromatic heterocycles. The number of benzene rings is 10. The molecule has 5 nitrogen and oxygen atoms in total. The zero-order chi connectivity index (χ0) is 42.7. The van der Waals surface area contributed by atoms with E-state index in [1.807, 2.05) is 0 Å². The monoisotopic (exact) mass is 842 g/mol. The first kappa shape index (κ1) is 33.7. The van der Waals surface area contributed by atoms with Gasteiger partial charge in [-0.15, -0.1) is 0 Å². The largest absolute Gasteiger partial charge is 0.356 e. The summed E-state index contributed by atoms with van der Waals surface area (Å²) in [7, 11) is 2.50. The fraction of sp³-hybridized carbons (Fsp3) is 0.0526. The van der Waals surface area contributed by atoms with Crippen LogP contribution >= 0.6 is 0 Å². The average Bonchev–Trinajstić information content (AvgIpc) is 3.38. The predicted octanol–water partition coefficient (Wildman–Crippen LogP) is 4.31. The van der Waals surface area contributed by atoms with Crippen molar-refractivity contribution in [3.8, 4) is 0 Å². The summed E-state index contributed by atoms with van der Waals surface area (Å²) >= 11 is 0. The summed E-state index contributed by atoms with van der Waals surface area (Å²) in [6, 6.07) is 60.9. The number of hydrogen-bond acceptors (Lipinski definition) is 5. The van der Waals surface area contributed by atoms with E-state index in [-0.39, 0.29) is 26.9 Å². The van der Waals surface area contributed by atoms with Crippen molar-refractivity contribution in [1.82, 2.24) is 0 Å². The number of rotatable bonds is 0. The molecule has 0 unspecified atom stereocenters. The van der Waals surface area contributed by atoms with E-state index in [9.17, 15) is 0 Å². The molecule has 0 spiro atoms. The fourth-order valence-corrected chi connectivity index (χ4v) is 15.6. The topological polar surface area (TPSA) is 25.0 Å². The Bertz CT molecular complexity index is 3870. The first-order chi connectivity index (χ1) is 33.3. The van der Waals surface area contributed by atoms with E-state index in [4.69, 9.17) is 0 Å². The smallest absolute Gasteiger partial charge is 0.252 e. The third-order valence-electron chi connectivity index (χ3n) is 17.8. The van der Waals surface area contributed by atoms with E-state index in [1.165, 1.54) is 150 Å². The SMILES string of the molecule is [B]1c2ccccc2N2c3ccccc3B3CN4c5ccccc5B5CN6c7ccccc7B7CN8c9ccccc9B9c%10ccccc%10Nc%10cc%11c(c7c6c6c5c4c4c3c2c1cc4c6%11)c8c%109. The Kier molecular flexibility index (Phi) is 5.59. The van der Waals surface area contributed by atoms with E-state index >= 15 is 0 Å². The Labute approximate surface area is 389 Å². The summed E-state index contributed by atoms with van der Waals surface area (Å²) in [6.45, 7) is 0.747. The maximum absolute atomic E-state index is 4.11. The van der Waals surface area contributed by atoms with Crippen molar-refractivity contribution in [2.45, 2.75) is 0 Å². The van der Waals surface area contributed by atoms with Crippen molar-refractivity contribution in [2.24, 2.45) is 0 Å². The average molecular weight is 842 g/mol. The van der Waals surface area contributed by atoms with Gasteiger partial charge in [0.1, 0.15) is 0 Å². The zero-order valence-electron chi connectivity index (χ0n) is 36.3. The summed E-state index contributed by atoms with van der Waals surface area (Å²) < 4.78 is 0. The molecule has 0 fully saturated rings. The highest BCUT2D eigenvalue weighted by atomic mass is 15.2. The molecule has 9 aliphatic heterocycles. The van der Waals surface area contributed by atoms with Crippen LogP contribution < -0.4 is 85.0 Å². The zero-order valence-corrected chi connectivity index (χ0v) is 36.3. The maximum atomic E-state index is 4.11. The first-order valence-corrected chi connectivity index (χ1v) is 24.2. The lowest BCUT2D eigenvalue weighted by Crippen LogP contribution is -2.69. The van der Waals surface area contributed by atoms with E-state index in [0.717, 1.165) is 19.3 Å². The van der Waals surface area contributed by atoms with Crippen molar-refractivity contribution in [3.63, 3.8) is 0 Å². The Morgan fingerprint density at radius 1 is 0.373 bits per heavy atom. The van der Waals surface area contributed by atoms with Gasteiger partial charge in [-0.2, -0.15) is 0 Å². The minimum absolute atomic E-state index is 0.139. The molecule has 0 saturated carbocycles. The number of para-hydroxylation sites is 6. The predicted molar refractivity (Wildman–Crippen MR) is 288 cm³/mol. The second-order valence-corrected chi connectivity index (χ2v) is 20.4. The summed E-state index contributed by atoms with van der Waals surface area (Å²) in [6.07, 6.45) is 2.73. The van der Waals surface area contributed by atoms with Gasteiger partial charge >= 0.3 is 0 Å². The van der Waals surface area contributed by atoms with Gasteiger partial charge in [-0.1, -0.05) is 126 Å². The second-order valence-electron chi connectivity index (χ2n) is 20.4. The molecule has 1 radical (unpaired) electrons. The lowest BCUT2D eigenvalue weighted by Gasteiger charge is -2.53. The molecule has 0 aliphatic carbocycles. The first-order valence-electron chi connectivity index (χ1n) is 24.2. The van der Waals surface area contributed by atoms with Crippen LogP contribution in [0.25, 0.3) is 32.3 Å². The van der Waals surface area contributed by atoms with Gasteiger partial charge in [0.25, 0.3) is 6.71 Å². The Hall–Kier alpha value is -7.70. The Balaban J connectivity index is 1.07. The number of anilines is 11. The number of fused-ring (bicyclic) bond motifs is 18. The van der Waals surface area contributed by atoms with E-state index in [0.29, 0.717) is 0 Å². The van der Waals surface area contributed by atoms with Gasteiger partial charge in [0.15, 0.2) is 7.28 Å². The lowest BCUT2D eigenvalue weighted by atomic mass is 9.30. The fourth-order valence-electron chi connectivity index (χ4n) is 15.6. The third kappa shape index (κ3) is 3.61. The Morgan fingerprint density at radius 2 is 0.851 bits per heavy atom. The molecule has 10 aromatic rings. The number of nitrogens with zero attached hydrogens (tertiary/aromatic N) is 4. The van der Waals surface area contributed by atoms with Gasteiger partial charge in [-0.3, -0.25) is 0 Å². The van der Waals surface area contributed by atoms with Crippen molar-refractivity contribution in [3.05, 3.63) is 158 Å². The van der Waals surface area contributed by atoms with Crippen LogP contribution in [0.1, 0.15) is 0 Å². The highest BCUT2D eigenvalue weighted by Gasteiger charge is 2.54. The van der Waals surface area contributed by atoms with Crippen molar-refractivity contribution in [2.75, 3.05) is 44.2 Å². The van der Waals surface area contributed by atoms with Gasteiger partial charge < -0.3 is 24.9 Å². The molecule has 10 heteroatoms. The highest BCUT2D eigenvalue weighted by molar-refractivity contribution is 7.02. The van der Waals surface area contributed by atoms with Crippen LogP contribution in [0.4, 0.5) is 62.6 Å². The van der Waals surface area contributed by atoms with Crippen LogP contribution in [0.15, 0.2) is 158 Å². The van der Waals surface area contributed by atoms with Crippen LogP contribution in [0.3, 0.4) is 0 Å². The molecule has 19 rings (SSSR count). The summed E-state index contributed by atoms with van der Waals surface area (Å²) in [5.74, 6) is 0. The van der Waals surface area contributed by atoms with Gasteiger partial charge in [0, 0.05) is 98.1 Å². The molecule has 1 N–H and O–H groups in total. The van der Waals surface area contributed by atoms with Crippen molar-refractivity contribution >= 4 is 189 Å². The molecule has 0 bridgehead atoms. The van der Waals surface area contributed by atoms with Gasteiger partial charge in [-0.25, -0.2) is 0 Å². The van der Waals surface area contributed by atoms with Crippen LogP contribution in [0.2, 0.25) is 0 Å². The molecular formula is C57H33B5N5. The number of hydrogen-bond donors (Lipinski definition) is 1. The van der Waals surface area contributed by atoms with Crippen LogP contribution in [0, 0.1) is 0 Å². The molecule has 67 heavy (non-hydrogen) atoms. The van der Waals surface area contributed by atoms with Gasteiger partial charge in [0.2, 0.25) is 20.1 Å². The van der Waals surface area contributed by atoms with E-state index < -0.39 is 0 Å². The summed E-state index contributed by atoms with van der Waals surface area (Å²) in [5, 5.41) is 12.7. The van der Waals surface area contributed by atoms with Crippen LogP contribution in [-0.4, -0.2) is 53.5 Å². The van der Waals surface area contributed by atoms with Crippen molar-refractivity contribution < 1.29 is 0 Å². The van der Waals surface area contributed by atoms with Gasteiger partial charge in [-0.05, 0) is 108 Å². The normalized spacial score (nSPS) is 16.5. The maximum Gasteiger partial charge on any atom is 0.252 e. The van der Waals surface area contributed by atoms with Crippen LogP contribution in [-0.2, 0) is 0 Å². The van der Waals surface area contributed by atoms with Crippen LogP contribution in [0.5, 0.6) is 0 Å². The minimum atomic E-state index is 0.139. The molecular weight excluding hydrogens is 809 g/mol. The molecule has 9 heterocycles. The third-order valence-corrected chi connectivity index (χ3v) is 17.8. The van der Waals surface area contributed by atoms with E-state index in [1.54, 1.807) is 5.46 Å². The highest BCUT2D eigenvalue weighted by Crippen LogP contribution is 2.54. The minimum Gasteiger partial charge on any atom is -0.356 e. The molecule has 10 aromatic carbocycles. The number of nitrogens with one attached hydrogen (secondary N) is 1. The lowest BCUT2D eigenvalue weighted by molar-refractivity contribution is 1.12. The second kappa shape index (κ2) is 11.1. The Morgan fingerprint density at radius 3 is 1.54 bits per heavy atom. The molecule has 301 valence electrons. The quantitative estimate of drug-likeness (QED) is 0.182. The van der Waals surface area contributed by atoms with Crippen molar-refractivity contribution in [1.29, 1.82) is 0 Å². The molecule has 9 aliphatic rings. The molecule has 0 saturated heterocycles. The summed E-state index contributed by atoms with van der Waals surface area (Å²) in [5.41, 5.74) is 30.5. The molecule has 0 atom stereocenters. The van der Waals surface area contributed by atoms with E-state index in [2.05, 4.69) is 190 Å². The molecule has 0 amide bonds. The summed E-state index contributed by atoms with van der Waals surface area (Å²) in [4.78, 5) is 11.0. The standard InChI is InChI=1S/C57H33B5N5/c1-8-20-41-32(13-1)58-33-25-30-46-31-26-40-50-55-48(31)52-57-49(46)53-56-47(30)51-54(33)67(41)45-24-12-5-17-37(45)61(51)29-64(56)42-21-9-4-16-36(42)60(53)28-65(57)43-22-10-3-15-35(43)59(52)27-66(55)44-23-11-6-18-38(44)62(50)34-14-2-7-19-39(34)63-40/h1-26,63H,27-29H2.